The van der Waals surface area contributed by atoms with Gasteiger partial charge < -0.3 is 29.4 Å². The van der Waals surface area contributed by atoms with Crippen LogP contribution in [0.25, 0.3) is 66.8 Å². The number of hydrogen-bond donors (Lipinski definition) is 0. The van der Waals surface area contributed by atoms with Crippen molar-refractivity contribution in [2.45, 2.75) is 39.3 Å². The summed E-state index contributed by atoms with van der Waals surface area (Å²) in [5.74, 6) is 0. The fourth-order valence-corrected chi connectivity index (χ4v) is 8.83. The van der Waals surface area contributed by atoms with E-state index in [0.29, 0.717) is 0 Å². The quantitative estimate of drug-likeness (QED) is 0.0625. The second-order valence-electron chi connectivity index (χ2n) is 19.7. The normalized spacial score (nSPS) is 11.2. The molecule has 0 saturated carbocycles. The third-order valence-electron chi connectivity index (χ3n) is 11.4. The molecule has 0 radical (unpaired) electrons. The molecule has 12 heteroatoms. The number of halogens is 3. The van der Waals surface area contributed by atoms with Crippen LogP contribution < -0.4 is 0 Å². The molecule has 0 aliphatic rings. The molecule has 0 aromatic heterocycles. The molecule has 0 aliphatic carbocycles. The van der Waals surface area contributed by atoms with Crippen LogP contribution in [0.3, 0.4) is 0 Å². The van der Waals surface area contributed by atoms with Crippen LogP contribution in [-0.2, 0) is 90.8 Å². The summed E-state index contributed by atoms with van der Waals surface area (Å²) < 4.78 is 0. The van der Waals surface area contributed by atoms with Gasteiger partial charge in [-0.05, 0) is 153 Å². The second-order valence-corrected chi connectivity index (χ2v) is 19.7. The van der Waals surface area contributed by atoms with Crippen molar-refractivity contribution in [1.29, 1.82) is 0 Å². The van der Waals surface area contributed by atoms with Gasteiger partial charge in [0.05, 0.1) is 0 Å². The maximum absolute atomic E-state index is 3.67. The summed E-state index contributed by atoms with van der Waals surface area (Å²) in [5, 5.41) is 0. The first-order chi connectivity index (χ1) is 34.5. The van der Waals surface area contributed by atoms with Crippen LogP contribution in [0.2, 0.25) is 0 Å². The molecule has 0 atom stereocenters. The van der Waals surface area contributed by atoms with Crippen molar-refractivity contribution in [2.24, 2.45) is 0 Å². The summed E-state index contributed by atoms with van der Waals surface area (Å²) >= 11 is 16.0. The van der Waals surface area contributed by atoms with Crippen LogP contribution in [0.5, 0.6) is 0 Å². The average molecular weight is 1430 g/mol. The van der Waals surface area contributed by atoms with Crippen molar-refractivity contribution < 1.29 is 51.6 Å². The van der Waals surface area contributed by atoms with Crippen molar-refractivity contribution in [3.05, 3.63) is 179 Å². The molecular weight excluding hydrogens is 1360 g/mol. The van der Waals surface area contributed by atoms with Gasteiger partial charge in [-0.25, -0.2) is 0 Å². The molecule has 0 saturated heterocycles. The Morgan fingerprint density at radius 2 is 0.361 bits per heavy atom. The maximum atomic E-state index is 3.67. The first-order valence-electron chi connectivity index (χ1n) is 23.4. The van der Waals surface area contributed by atoms with E-state index in [0.717, 1.165) is 39.3 Å². The Morgan fingerprint density at radius 3 is 0.486 bits per heavy atom. The summed E-state index contributed by atoms with van der Waals surface area (Å²) in [7, 11) is 25.4. The molecule has 0 amide bonds. The molecule has 0 bridgehead atoms. The standard InChI is InChI=1S/C60H69N6.3BrH.3Pd/c1-61(2)37-43-25-44(38-62(3)4)29-55(28-43)49-13-19-52(20-14-49)58-34-59(53-21-15-50(16-22-53)56-30-45(39-63(5)6)26-46(31-56)40-64(7)8)36-60(35-58)54-23-17-51(18-24-54)57-32-47(41-65(9)10)27-48(33-57)42-66(11)12;;;;;;/h13-24,28-36H,37-42H2,1-12H3;3*1H;;;/q-3;;;;3*+2/p-3. The summed E-state index contributed by atoms with van der Waals surface area (Å²) in [5.41, 5.74) is 21.6. The molecule has 0 aliphatic heterocycles. The Morgan fingerprint density at radius 1 is 0.236 bits per heavy atom. The predicted octanol–water partition coefficient (Wildman–Crippen LogP) is 14.0. The first kappa shape index (κ1) is 62.3. The van der Waals surface area contributed by atoms with E-state index in [4.69, 9.17) is 0 Å². The van der Waals surface area contributed by atoms with Gasteiger partial charge in [-0.3, -0.25) is 0 Å². The van der Waals surface area contributed by atoms with Crippen molar-refractivity contribution in [3.63, 3.8) is 0 Å². The summed E-state index contributed by atoms with van der Waals surface area (Å²) in [6, 6.07) is 59.2. The number of benzene rings is 7. The third-order valence-corrected chi connectivity index (χ3v) is 11.4. The van der Waals surface area contributed by atoms with E-state index in [1.807, 2.05) is 0 Å². The van der Waals surface area contributed by atoms with Crippen LogP contribution in [0.1, 0.15) is 33.4 Å². The predicted molar refractivity (Wildman–Crippen MR) is 307 cm³/mol. The van der Waals surface area contributed by atoms with Gasteiger partial charge in [0.15, 0.2) is 0 Å². The topological polar surface area (TPSA) is 19.4 Å². The van der Waals surface area contributed by atoms with Crippen LogP contribution in [0, 0.1) is 18.2 Å². The SMILES string of the molecule is CN(C)Cc1[c-]c(CN(C)C)cc(-c2ccc(-c3cc(-c4ccc(-c5cc(CN(C)C)[c-]c(CN(C)C)c5)cc4)cc(-c4ccc(-c5cc(CN(C)C)[c-]c(CN(C)C)c5)cc4)c3)cc2)c1.[Br][Pd+].[Br][Pd+].[Br][Pd+]. The molecule has 0 unspecified atom stereocenters. The Balaban J connectivity index is 0.00000181. The van der Waals surface area contributed by atoms with Gasteiger partial charge >= 0.3 is 91.8 Å². The summed E-state index contributed by atoms with van der Waals surface area (Å²) in [4.78, 5) is 13.2. The zero-order valence-corrected chi connectivity index (χ0v) is 53.1. The van der Waals surface area contributed by atoms with Gasteiger partial charge in [0, 0.05) is 39.3 Å². The van der Waals surface area contributed by atoms with E-state index < -0.39 is 0 Å². The number of rotatable bonds is 18. The first-order valence-corrected chi connectivity index (χ1v) is 34.1. The molecule has 0 N–H and O–H groups in total. The minimum atomic E-state index is 0.849. The molecule has 0 fully saturated rings. The number of hydrogen-bond acceptors (Lipinski definition) is 6. The molecule has 0 heterocycles. The van der Waals surface area contributed by atoms with Crippen LogP contribution in [0.15, 0.2) is 127 Å². The Labute approximate surface area is 485 Å². The van der Waals surface area contributed by atoms with Gasteiger partial charge in [-0.1, -0.05) is 72.8 Å². The monoisotopic (exact) mass is 1430 g/mol. The Hall–Kier alpha value is -2.27. The van der Waals surface area contributed by atoms with Gasteiger partial charge in [0.2, 0.25) is 0 Å². The Kier molecular flexibility index (Phi) is 27.4. The average Bonchev–Trinajstić information content (AvgIpc) is 3.34. The molecule has 7 rings (SSSR count). The third kappa shape index (κ3) is 19.7. The molecular formula is C60H69Br3N6Pd3. The molecule has 7 aromatic carbocycles. The fraction of sp³-hybridized carbons (Fsp3) is 0.300. The van der Waals surface area contributed by atoms with Crippen molar-refractivity contribution >= 4 is 40.3 Å². The zero-order chi connectivity index (χ0) is 53.1. The van der Waals surface area contributed by atoms with Crippen molar-refractivity contribution in [1.82, 2.24) is 29.4 Å². The van der Waals surface area contributed by atoms with Crippen molar-refractivity contribution in [3.8, 4) is 66.8 Å². The van der Waals surface area contributed by atoms with Crippen molar-refractivity contribution in [2.75, 3.05) is 84.6 Å². The second kappa shape index (κ2) is 31.7. The van der Waals surface area contributed by atoms with Gasteiger partial charge in [0.25, 0.3) is 0 Å². The molecule has 72 heavy (non-hydrogen) atoms. The van der Waals surface area contributed by atoms with E-state index in [9.17, 15) is 0 Å². The Bertz CT molecular complexity index is 2330. The fourth-order valence-electron chi connectivity index (χ4n) is 8.83. The van der Waals surface area contributed by atoms with Crippen LogP contribution in [0.4, 0.5) is 0 Å². The van der Waals surface area contributed by atoms with E-state index in [1.165, 1.54) is 100 Å². The van der Waals surface area contributed by atoms with Gasteiger partial charge in [-0.2, -0.15) is 54.6 Å². The summed E-state index contributed by atoms with van der Waals surface area (Å²) in [6.45, 7) is 5.09. The molecule has 390 valence electrons. The summed E-state index contributed by atoms with van der Waals surface area (Å²) in [6.07, 6.45) is 0. The number of nitrogens with zero attached hydrogens (tertiary/aromatic N) is 6. The van der Waals surface area contributed by atoms with Gasteiger partial charge in [-0.15, -0.1) is 50.1 Å². The van der Waals surface area contributed by atoms with Crippen LogP contribution in [-0.4, -0.2) is 114 Å². The zero-order valence-electron chi connectivity index (χ0n) is 43.6. The van der Waals surface area contributed by atoms with E-state index in [1.54, 1.807) is 0 Å². The molecule has 6 nitrogen and oxygen atoms in total. The van der Waals surface area contributed by atoms with Crippen LogP contribution >= 0.6 is 40.3 Å². The molecule has 0 spiro atoms. The molecule has 7 aromatic rings. The van der Waals surface area contributed by atoms with Gasteiger partial charge in [0.1, 0.15) is 0 Å². The van der Waals surface area contributed by atoms with E-state index in [2.05, 4.69) is 351 Å². The van der Waals surface area contributed by atoms with E-state index >= 15 is 0 Å². The minimum absolute atomic E-state index is 0.849. The van der Waals surface area contributed by atoms with E-state index in [-0.39, 0.29) is 0 Å².